The summed E-state index contributed by atoms with van der Waals surface area (Å²) in [4.78, 5) is 43.1. The molecule has 3 aromatic rings. The Morgan fingerprint density at radius 1 is 1.00 bits per heavy atom. The first-order chi connectivity index (χ1) is 17.9. The van der Waals surface area contributed by atoms with Crippen molar-refractivity contribution < 1.29 is 40.4 Å². The van der Waals surface area contributed by atoms with Gasteiger partial charge in [-0.2, -0.15) is 0 Å². The fourth-order valence-corrected chi connectivity index (χ4v) is 5.44. The summed E-state index contributed by atoms with van der Waals surface area (Å²) in [6.45, 7) is -0.566. The molecule has 0 aliphatic carbocycles. The van der Waals surface area contributed by atoms with Crippen LogP contribution in [0.15, 0.2) is 59.0 Å². The molecule has 0 radical (unpaired) electrons. The van der Waals surface area contributed by atoms with Crippen LogP contribution in [0.3, 0.4) is 0 Å². The summed E-state index contributed by atoms with van der Waals surface area (Å²) < 4.78 is 58.8. The van der Waals surface area contributed by atoms with Crippen LogP contribution in [-0.2, 0) is 30.2 Å². The molecule has 12 nitrogen and oxygen atoms in total. The average molecular weight is 566 g/mol. The second-order valence-corrected chi connectivity index (χ2v) is 12.9. The summed E-state index contributed by atoms with van der Waals surface area (Å²) >= 11 is 0. The number of nitrogens with zero attached hydrogens (tertiary/aromatic N) is 2. The minimum Gasteiger partial charge on any atom is -0.452 e. The van der Waals surface area contributed by atoms with E-state index in [0.717, 1.165) is 13.4 Å². The van der Waals surface area contributed by atoms with Crippen LogP contribution in [-0.4, -0.2) is 82.1 Å². The van der Waals surface area contributed by atoms with Gasteiger partial charge in [-0.05, 0) is 24.1 Å². The molecule has 0 aliphatic heterocycles. The van der Waals surface area contributed by atoms with Crippen molar-refractivity contribution in [2.75, 3.05) is 31.4 Å². The Labute approximate surface area is 219 Å². The summed E-state index contributed by atoms with van der Waals surface area (Å²) in [6.07, 6.45) is -0.536. The van der Waals surface area contributed by atoms with Gasteiger partial charge in [0.05, 0.1) is 30.4 Å². The number of aromatic nitrogens is 1. The quantitative estimate of drug-likeness (QED) is 0.340. The van der Waals surface area contributed by atoms with E-state index in [1.165, 1.54) is 0 Å². The Morgan fingerprint density at radius 2 is 1.66 bits per heavy atom. The van der Waals surface area contributed by atoms with Gasteiger partial charge in [0.1, 0.15) is 15.4 Å². The Kier molecular flexibility index (Phi) is 9.22. The number of sulfone groups is 2. The largest absolute Gasteiger partial charge is 0.452 e. The lowest BCUT2D eigenvalue weighted by Crippen LogP contribution is -2.51. The Morgan fingerprint density at radius 3 is 2.29 bits per heavy atom. The monoisotopic (exact) mass is 565 g/mol. The minimum atomic E-state index is -3.74. The standard InChI is InChI=1S/C24H27N3O9S2/c1-35-24(30)27(13-15-38(33,34)16-17-8-4-3-5-9-17)23(29)26-19(12-14-37(2,31)32)21(28)22-25-18-10-6-7-11-20(18)36-22/h3-11,19H,12-16H2,1-2H3,(H,26,29)/t19-/m0/s1. The number of amides is 3. The Balaban J connectivity index is 1.79. The normalized spacial score (nSPS) is 12.6. The van der Waals surface area contributed by atoms with E-state index in [-0.39, 0.29) is 18.1 Å². The number of methoxy groups -OCH3 is 1. The molecule has 0 saturated heterocycles. The average Bonchev–Trinajstić information content (AvgIpc) is 3.30. The molecule has 0 spiro atoms. The number of carbonyl (C=O) groups is 3. The van der Waals surface area contributed by atoms with E-state index in [1.807, 2.05) is 0 Å². The number of benzene rings is 2. The number of imide groups is 1. The van der Waals surface area contributed by atoms with Crippen molar-refractivity contribution in [3.63, 3.8) is 0 Å². The highest BCUT2D eigenvalue weighted by molar-refractivity contribution is 7.90. The molecule has 0 unspecified atom stereocenters. The van der Waals surface area contributed by atoms with Crippen LogP contribution in [0.1, 0.15) is 22.7 Å². The number of ether oxygens (including phenoxy) is 1. The maximum atomic E-state index is 13.2. The number of rotatable bonds is 11. The van der Waals surface area contributed by atoms with Crippen molar-refractivity contribution >= 4 is 48.7 Å². The molecule has 0 bridgehead atoms. The first kappa shape index (κ1) is 28.8. The highest BCUT2D eigenvalue weighted by atomic mass is 32.2. The van der Waals surface area contributed by atoms with Crippen molar-refractivity contribution in [1.82, 2.24) is 15.2 Å². The Bertz CT molecular complexity index is 1480. The number of Topliss-reactive ketones (excluding diaryl/α,β-unsaturated/α-hetero) is 1. The number of hydrogen-bond acceptors (Lipinski definition) is 10. The van der Waals surface area contributed by atoms with E-state index in [4.69, 9.17) is 4.42 Å². The first-order valence-electron chi connectivity index (χ1n) is 11.4. The number of fused-ring (bicyclic) bond motifs is 1. The molecule has 14 heteroatoms. The molecule has 0 fully saturated rings. The van der Waals surface area contributed by atoms with Gasteiger partial charge < -0.3 is 14.5 Å². The number of urea groups is 1. The molecular weight excluding hydrogens is 538 g/mol. The maximum absolute atomic E-state index is 13.2. The van der Waals surface area contributed by atoms with Crippen LogP contribution in [0.4, 0.5) is 9.59 Å². The van der Waals surface area contributed by atoms with Gasteiger partial charge in [0.2, 0.25) is 5.78 Å². The van der Waals surface area contributed by atoms with Gasteiger partial charge in [-0.25, -0.2) is 36.3 Å². The van der Waals surface area contributed by atoms with Gasteiger partial charge in [0, 0.05) is 12.8 Å². The number of para-hydroxylation sites is 2. The number of carbonyl (C=O) groups excluding carboxylic acids is 3. The van der Waals surface area contributed by atoms with Crippen LogP contribution in [0.5, 0.6) is 0 Å². The number of hydrogen-bond donors (Lipinski definition) is 1. The third-order valence-corrected chi connectivity index (χ3v) is 7.95. The lowest BCUT2D eigenvalue weighted by atomic mass is 10.1. The van der Waals surface area contributed by atoms with E-state index in [0.29, 0.717) is 21.6 Å². The van der Waals surface area contributed by atoms with Crippen molar-refractivity contribution in [2.24, 2.45) is 0 Å². The third kappa shape index (κ3) is 8.11. The SMILES string of the molecule is COC(=O)N(CCS(=O)(=O)Cc1ccccc1)C(=O)N[C@@H](CCS(C)(=O)=O)C(=O)c1nc2ccccc2o1. The number of oxazole rings is 1. The molecule has 1 heterocycles. The second-order valence-electron chi connectivity index (χ2n) is 8.47. The highest BCUT2D eigenvalue weighted by Gasteiger charge is 2.32. The number of ketones is 1. The zero-order chi connectivity index (χ0) is 27.9. The van der Waals surface area contributed by atoms with Crippen LogP contribution in [0, 0.1) is 0 Å². The Hall–Kier alpha value is -3.78. The van der Waals surface area contributed by atoms with Crippen molar-refractivity contribution in [3.05, 3.63) is 66.1 Å². The van der Waals surface area contributed by atoms with E-state index in [2.05, 4.69) is 15.0 Å². The van der Waals surface area contributed by atoms with Crippen molar-refractivity contribution in [3.8, 4) is 0 Å². The topological polar surface area (TPSA) is 170 Å². The van der Waals surface area contributed by atoms with Gasteiger partial charge in [0.25, 0.3) is 5.89 Å². The van der Waals surface area contributed by atoms with E-state index in [9.17, 15) is 31.2 Å². The van der Waals surface area contributed by atoms with Gasteiger partial charge in [0.15, 0.2) is 15.4 Å². The van der Waals surface area contributed by atoms with Crippen molar-refractivity contribution in [2.45, 2.75) is 18.2 Å². The fraction of sp³-hybridized carbons (Fsp3) is 0.333. The summed E-state index contributed by atoms with van der Waals surface area (Å²) in [6, 6.07) is 12.3. The lowest BCUT2D eigenvalue weighted by molar-refractivity contribution is 0.0900. The summed E-state index contributed by atoms with van der Waals surface area (Å²) in [5.74, 6) is -2.53. The summed E-state index contributed by atoms with van der Waals surface area (Å²) in [7, 11) is -6.27. The van der Waals surface area contributed by atoms with E-state index in [1.54, 1.807) is 54.6 Å². The van der Waals surface area contributed by atoms with Crippen LogP contribution in [0.25, 0.3) is 11.1 Å². The van der Waals surface area contributed by atoms with Crippen molar-refractivity contribution in [1.29, 1.82) is 0 Å². The van der Waals surface area contributed by atoms with E-state index < -0.39 is 61.7 Å². The molecule has 0 saturated carbocycles. The molecule has 3 rings (SSSR count). The molecule has 204 valence electrons. The molecule has 0 aliphatic rings. The molecule has 1 aromatic heterocycles. The predicted octanol–water partition coefficient (Wildman–Crippen LogP) is 2.21. The second kappa shape index (κ2) is 12.2. The maximum Gasteiger partial charge on any atom is 0.417 e. The summed E-state index contributed by atoms with van der Waals surface area (Å²) in [5, 5.41) is 2.31. The van der Waals surface area contributed by atoms with E-state index >= 15 is 0 Å². The summed E-state index contributed by atoms with van der Waals surface area (Å²) in [5.41, 5.74) is 1.22. The van der Waals surface area contributed by atoms with Crippen LogP contribution >= 0.6 is 0 Å². The highest BCUT2D eigenvalue weighted by Crippen LogP contribution is 2.17. The zero-order valence-corrected chi connectivity index (χ0v) is 22.3. The molecule has 1 N–H and O–H groups in total. The van der Waals surface area contributed by atoms with Gasteiger partial charge in [-0.15, -0.1) is 0 Å². The van der Waals surface area contributed by atoms with Gasteiger partial charge in [-0.3, -0.25) is 4.79 Å². The molecule has 38 heavy (non-hydrogen) atoms. The van der Waals surface area contributed by atoms with Crippen LogP contribution in [0.2, 0.25) is 0 Å². The van der Waals surface area contributed by atoms with Crippen LogP contribution < -0.4 is 5.32 Å². The smallest absolute Gasteiger partial charge is 0.417 e. The molecule has 2 aromatic carbocycles. The zero-order valence-electron chi connectivity index (χ0n) is 20.7. The molecular formula is C24H27N3O9S2. The van der Waals surface area contributed by atoms with Gasteiger partial charge >= 0.3 is 12.1 Å². The lowest BCUT2D eigenvalue weighted by Gasteiger charge is -2.23. The first-order valence-corrected chi connectivity index (χ1v) is 15.2. The molecule has 1 atom stereocenters. The van der Waals surface area contributed by atoms with Gasteiger partial charge in [-0.1, -0.05) is 42.5 Å². The minimum absolute atomic E-state index is 0.308. The predicted molar refractivity (Wildman–Crippen MR) is 138 cm³/mol. The number of nitrogens with one attached hydrogen (secondary N) is 1. The fourth-order valence-electron chi connectivity index (χ4n) is 3.47. The third-order valence-electron chi connectivity index (χ3n) is 5.39. The molecule has 3 amide bonds.